The quantitative estimate of drug-likeness (QED) is 0.514. The lowest BCUT2D eigenvalue weighted by Crippen LogP contribution is -2.23. The topological polar surface area (TPSA) is 96.5 Å². The Morgan fingerprint density at radius 1 is 0.935 bits per heavy atom. The summed E-state index contributed by atoms with van der Waals surface area (Å²) in [5.74, 6) is 2.82. The Bertz CT molecular complexity index is 1110. The Morgan fingerprint density at radius 3 is 2.13 bits per heavy atom. The highest BCUT2D eigenvalue weighted by Gasteiger charge is 2.14. The van der Waals surface area contributed by atoms with Crippen LogP contribution in [0, 0.1) is 6.92 Å². The molecule has 3 rings (SSSR count). The molecule has 0 radical (unpaired) electrons. The summed E-state index contributed by atoms with van der Waals surface area (Å²) in [4.78, 5) is 11.3. The number of sulfonamides is 1. The maximum Gasteiger partial charge on any atom is 0.261 e. The summed E-state index contributed by atoms with van der Waals surface area (Å²) in [5.41, 5.74) is 1.25. The van der Waals surface area contributed by atoms with Crippen molar-refractivity contribution in [1.29, 1.82) is 0 Å². The molecule has 0 aliphatic heterocycles. The van der Waals surface area contributed by atoms with E-state index in [2.05, 4.69) is 38.8 Å². The Balaban J connectivity index is 1.73. The van der Waals surface area contributed by atoms with Gasteiger partial charge >= 0.3 is 0 Å². The van der Waals surface area contributed by atoms with Crippen LogP contribution in [0.5, 0.6) is 5.75 Å². The average molecular weight is 442 g/mol. The number of nitrogens with zero attached hydrogens (tertiary/aromatic N) is 3. The zero-order valence-electron chi connectivity index (χ0n) is 18.1. The Hall–Kier alpha value is -3.33. The molecular weight excluding hydrogens is 414 g/mol. The molecule has 0 atom stereocenters. The van der Waals surface area contributed by atoms with Gasteiger partial charge in [-0.3, -0.25) is 4.72 Å². The van der Waals surface area contributed by atoms with Gasteiger partial charge in [0.15, 0.2) is 0 Å². The number of aromatic nitrogens is 2. The molecule has 9 heteroatoms. The van der Waals surface area contributed by atoms with E-state index in [1.54, 1.807) is 36.4 Å². The number of nitrogens with one attached hydrogen (secondary N) is 2. The number of rotatable bonds is 9. The van der Waals surface area contributed by atoms with Gasteiger partial charge in [-0.15, -0.1) is 0 Å². The van der Waals surface area contributed by atoms with Gasteiger partial charge in [0.1, 0.15) is 23.2 Å². The number of hydrogen-bond donors (Lipinski definition) is 2. The molecular formula is C22H27N5O3S. The van der Waals surface area contributed by atoms with Crippen LogP contribution in [0.15, 0.2) is 59.5 Å². The van der Waals surface area contributed by atoms with Gasteiger partial charge in [-0.05, 0) is 69.3 Å². The monoisotopic (exact) mass is 441 g/mol. The molecule has 164 valence electrons. The van der Waals surface area contributed by atoms with Crippen LogP contribution in [0.2, 0.25) is 0 Å². The molecule has 2 N–H and O–H groups in total. The molecule has 0 aliphatic rings. The maximum atomic E-state index is 12.6. The average Bonchev–Trinajstić information content (AvgIpc) is 2.75. The van der Waals surface area contributed by atoms with E-state index in [1.165, 1.54) is 19.2 Å². The standard InChI is InChI=1S/C22H27N5O3S/c1-5-27(6-2)22-15-21(23-16(3)24-22)25-17-7-9-18(10-8-17)26-31(28,29)20-13-11-19(30-4)12-14-20/h7-15,26H,5-6H2,1-4H3,(H,23,24,25). The number of aryl methyl sites for hydroxylation is 1. The maximum absolute atomic E-state index is 12.6. The molecule has 2 aromatic carbocycles. The molecule has 0 bridgehead atoms. The van der Waals surface area contributed by atoms with Crippen LogP contribution in [0.3, 0.4) is 0 Å². The summed E-state index contributed by atoms with van der Waals surface area (Å²) in [7, 11) is -2.16. The van der Waals surface area contributed by atoms with E-state index < -0.39 is 10.0 Å². The molecule has 0 saturated heterocycles. The number of hydrogen-bond acceptors (Lipinski definition) is 7. The fourth-order valence-corrected chi connectivity index (χ4v) is 4.12. The molecule has 31 heavy (non-hydrogen) atoms. The van der Waals surface area contributed by atoms with E-state index in [-0.39, 0.29) is 4.90 Å². The molecule has 8 nitrogen and oxygen atoms in total. The smallest absolute Gasteiger partial charge is 0.261 e. The molecule has 0 saturated carbocycles. The molecule has 0 fully saturated rings. The van der Waals surface area contributed by atoms with Crippen LogP contribution < -0.4 is 19.7 Å². The SMILES string of the molecule is CCN(CC)c1cc(Nc2ccc(NS(=O)(=O)c3ccc(OC)cc3)cc2)nc(C)n1. The van der Waals surface area contributed by atoms with E-state index in [0.717, 1.165) is 24.6 Å². The normalized spacial score (nSPS) is 11.1. The first kappa shape index (κ1) is 22.4. The van der Waals surface area contributed by atoms with Gasteiger partial charge in [-0.2, -0.15) is 0 Å². The summed E-state index contributed by atoms with van der Waals surface area (Å²) in [6.45, 7) is 7.74. The minimum absolute atomic E-state index is 0.163. The summed E-state index contributed by atoms with van der Waals surface area (Å²) >= 11 is 0. The highest BCUT2D eigenvalue weighted by Crippen LogP contribution is 2.23. The summed E-state index contributed by atoms with van der Waals surface area (Å²) < 4.78 is 32.8. The van der Waals surface area contributed by atoms with Gasteiger partial charge in [-0.1, -0.05) is 0 Å². The summed E-state index contributed by atoms with van der Waals surface area (Å²) in [6, 6.07) is 15.1. The molecule has 0 spiro atoms. The van der Waals surface area contributed by atoms with Crippen molar-refractivity contribution < 1.29 is 13.2 Å². The molecule has 0 unspecified atom stereocenters. The second-order valence-corrected chi connectivity index (χ2v) is 8.50. The van der Waals surface area contributed by atoms with Crippen molar-refractivity contribution in [2.75, 3.05) is 35.1 Å². The fourth-order valence-electron chi connectivity index (χ4n) is 3.06. The van der Waals surface area contributed by atoms with E-state index in [1.807, 2.05) is 13.0 Å². The minimum Gasteiger partial charge on any atom is -0.497 e. The highest BCUT2D eigenvalue weighted by molar-refractivity contribution is 7.92. The van der Waals surface area contributed by atoms with Crippen molar-refractivity contribution in [3.8, 4) is 5.75 Å². The second-order valence-electron chi connectivity index (χ2n) is 6.81. The van der Waals surface area contributed by atoms with E-state index in [4.69, 9.17) is 4.74 Å². The molecule has 1 heterocycles. The minimum atomic E-state index is -3.69. The van der Waals surface area contributed by atoms with Gasteiger partial charge in [0.25, 0.3) is 10.0 Å². The number of anilines is 4. The fraction of sp³-hybridized carbons (Fsp3) is 0.273. The summed E-state index contributed by atoms with van der Waals surface area (Å²) in [5, 5.41) is 3.25. The van der Waals surface area contributed by atoms with Crippen LogP contribution in [-0.4, -0.2) is 38.6 Å². The van der Waals surface area contributed by atoms with Gasteiger partial charge in [-0.25, -0.2) is 18.4 Å². The predicted molar refractivity (Wildman–Crippen MR) is 124 cm³/mol. The van der Waals surface area contributed by atoms with Crippen molar-refractivity contribution >= 4 is 33.0 Å². The Morgan fingerprint density at radius 2 is 1.55 bits per heavy atom. The molecule has 3 aromatic rings. The first-order valence-electron chi connectivity index (χ1n) is 9.99. The lowest BCUT2D eigenvalue weighted by Gasteiger charge is -2.20. The number of benzene rings is 2. The van der Waals surface area contributed by atoms with Crippen LogP contribution in [0.1, 0.15) is 19.7 Å². The largest absolute Gasteiger partial charge is 0.497 e. The van der Waals surface area contributed by atoms with Crippen molar-refractivity contribution in [1.82, 2.24) is 9.97 Å². The number of methoxy groups -OCH3 is 1. The van der Waals surface area contributed by atoms with E-state index in [9.17, 15) is 8.42 Å². The third-order valence-electron chi connectivity index (χ3n) is 4.69. The van der Waals surface area contributed by atoms with Crippen LogP contribution in [-0.2, 0) is 10.0 Å². The highest BCUT2D eigenvalue weighted by atomic mass is 32.2. The first-order valence-corrected chi connectivity index (χ1v) is 11.5. The zero-order valence-corrected chi connectivity index (χ0v) is 18.9. The Labute approximate surface area is 183 Å². The molecule has 1 aromatic heterocycles. The van der Waals surface area contributed by atoms with Crippen molar-refractivity contribution in [3.05, 3.63) is 60.4 Å². The Kier molecular flexibility index (Phi) is 6.96. The second kappa shape index (κ2) is 9.65. The van der Waals surface area contributed by atoms with Crippen molar-refractivity contribution in [2.45, 2.75) is 25.7 Å². The van der Waals surface area contributed by atoms with Crippen molar-refractivity contribution in [2.24, 2.45) is 0 Å². The van der Waals surface area contributed by atoms with Crippen molar-refractivity contribution in [3.63, 3.8) is 0 Å². The lowest BCUT2D eigenvalue weighted by atomic mass is 10.3. The first-order chi connectivity index (χ1) is 14.8. The van der Waals surface area contributed by atoms with E-state index in [0.29, 0.717) is 23.1 Å². The van der Waals surface area contributed by atoms with Gasteiger partial charge in [0.2, 0.25) is 0 Å². The van der Waals surface area contributed by atoms with Gasteiger partial charge in [0.05, 0.1) is 12.0 Å². The lowest BCUT2D eigenvalue weighted by molar-refractivity contribution is 0.414. The third kappa shape index (κ3) is 5.64. The molecule has 0 aliphatic carbocycles. The zero-order chi connectivity index (χ0) is 22.4. The number of ether oxygens (including phenoxy) is 1. The molecule has 0 amide bonds. The van der Waals surface area contributed by atoms with Gasteiger partial charge < -0.3 is 15.0 Å². The van der Waals surface area contributed by atoms with Crippen LogP contribution in [0.25, 0.3) is 0 Å². The summed E-state index contributed by atoms with van der Waals surface area (Å²) in [6.07, 6.45) is 0. The van der Waals surface area contributed by atoms with Crippen LogP contribution >= 0.6 is 0 Å². The van der Waals surface area contributed by atoms with E-state index >= 15 is 0 Å². The van der Waals surface area contributed by atoms with Gasteiger partial charge in [0, 0.05) is 30.5 Å². The third-order valence-corrected chi connectivity index (χ3v) is 6.09. The van der Waals surface area contributed by atoms with Crippen LogP contribution in [0.4, 0.5) is 23.0 Å². The predicted octanol–water partition coefficient (Wildman–Crippen LogP) is 4.18.